The van der Waals surface area contributed by atoms with Crippen LogP contribution >= 0.6 is 11.6 Å². The molecule has 2 atom stereocenters. The Labute approximate surface area is 150 Å². The third-order valence-electron chi connectivity index (χ3n) is 4.37. The maximum atomic E-state index is 10.7. The number of imidazole rings is 1. The van der Waals surface area contributed by atoms with Gasteiger partial charge in [0.2, 0.25) is 0 Å². The summed E-state index contributed by atoms with van der Waals surface area (Å²) in [4.78, 5) is 18.2. The highest BCUT2D eigenvalue weighted by atomic mass is 35.5. The highest BCUT2D eigenvalue weighted by molar-refractivity contribution is 6.28. The van der Waals surface area contributed by atoms with Crippen LogP contribution in [0.1, 0.15) is 37.7 Å². The first-order valence-electron chi connectivity index (χ1n) is 8.08. The van der Waals surface area contributed by atoms with Crippen molar-refractivity contribution in [3.05, 3.63) is 51.4 Å². The second-order valence-corrected chi connectivity index (χ2v) is 6.92. The minimum atomic E-state index is -1.03. The van der Waals surface area contributed by atoms with Crippen LogP contribution in [0.2, 0.25) is 5.28 Å². The van der Waals surface area contributed by atoms with Gasteiger partial charge in [0.05, 0.1) is 17.8 Å². The van der Waals surface area contributed by atoms with Gasteiger partial charge in [-0.2, -0.15) is 0 Å². The Morgan fingerprint density at radius 2 is 2.20 bits per heavy atom. The molecule has 1 aliphatic heterocycles. The molecule has 0 saturated carbocycles. The molecule has 3 rings (SSSR count). The lowest BCUT2D eigenvalue weighted by atomic mass is 9.91. The second kappa shape index (κ2) is 6.93. The van der Waals surface area contributed by atoms with E-state index in [2.05, 4.69) is 16.0 Å². The number of aliphatic imine (C=N–C) groups is 1. The Balaban J connectivity index is 1.56. The van der Waals surface area contributed by atoms with Crippen LogP contribution in [0.3, 0.4) is 0 Å². The number of benzene rings is 1. The van der Waals surface area contributed by atoms with E-state index in [4.69, 9.17) is 11.6 Å². The first kappa shape index (κ1) is 17.6. The van der Waals surface area contributed by atoms with Gasteiger partial charge in [-0.15, -0.1) is 0 Å². The van der Waals surface area contributed by atoms with E-state index in [-0.39, 0.29) is 23.6 Å². The zero-order valence-electron chi connectivity index (χ0n) is 13.8. The monoisotopic (exact) mass is 362 g/mol. The standard InChI is InChI=1S/C17H19ClN4O3/c1-17(23,11-21-10-15(22(24)25)20-16(21)18)8-4-5-12-9-19-14-7-3-2-6-13(12)14/h2-3,6-7,9-10,12,23H,4-5,8,11H2,1H3. The molecule has 0 fully saturated rings. The molecule has 25 heavy (non-hydrogen) atoms. The highest BCUT2D eigenvalue weighted by Crippen LogP contribution is 2.35. The summed E-state index contributed by atoms with van der Waals surface area (Å²) in [5.41, 5.74) is 1.19. The van der Waals surface area contributed by atoms with Crippen LogP contribution in [0.15, 0.2) is 35.5 Å². The van der Waals surface area contributed by atoms with Crippen LogP contribution in [0, 0.1) is 10.1 Å². The molecule has 8 heteroatoms. The lowest BCUT2D eigenvalue weighted by Gasteiger charge is -2.24. The van der Waals surface area contributed by atoms with Crippen molar-refractivity contribution in [1.82, 2.24) is 9.55 Å². The lowest BCUT2D eigenvalue weighted by Crippen LogP contribution is -2.30. The summed E-state index contributed by atoms with van der Waals surface area (Å²) in [5.74, 6) is -0.0514. The van der Waals surface area contributed by atoms with Crippen molar-refractivity contribution in [2.75, 3.05) is 0 Å². The van der Waals surface area contributed by atoms with Gasteiger partial charge >= 0.3 is 11.1 Å². The van der Waals surface area contributed by atoms with E-state index in [9.17, 15) is 15.2 Å². The van der Waals surface area contributed by atoms with Gasteiger partial charge in [0.25, 0.3) is 0 Å². The van der Waals surface area contributed by atoms with Crippen LogP contribution in [-0.2, 0) is 6.54 Å². The maximum absolute atomic E-state index is 10.7. The number of aromatic nitrogens is 2. The zero-order valence-corrected chi connectivity index (χ0v) is 14.6. The number of para-hydroxylation sites is 1. The third kappa shape index (κ3) is 4.05. The van der Waals surface area contributed by atoms with Crippen molar-refractivity contribution in [1.29, 1.82) is 0 Å². The summed E-state index contributed by atoms with van der Waals surface area (Å²) < 4.78 is 1.41. The molecule has 0 amide bonds. The fourth-order valence-corrected chi connectivity index (χ4v) is 3.32. The van der Waals surface area contributed by atoms with Gasteiger partial charge in [-0.1, -0.05) is 18.2 Å². The molecule has 0 spiro atoms. The van der Waals surface area contributed by atoms with Crippen LogP contribution in [0.25, 0.3) is 0 Å². The van der Waals surface area contributed by atoms with Crippen LogP contribution in [0.5, 0.6) is 0 Å². The van der Waals surface area contributed by atoms with Crippen molar-refractivity contribution < 1.29 is 10.0 Å². The molecule has 0 bridgehead atoms. The van der Waals surface area contributed by atoms with E-state index < -0.39 is 10.5 Å². The second-order valence-electron chi connectivity index (χ2n) is 6.59. The summed E-state index contributed by atoms with van der Waals surface area (Å²) in [6.45, 7) is 1.86. The van der Waals surface area contributed by atoms with Gasteiger partial charge in [0.15, 0.2) is 0 Å². The Morgan fingerprint density at radius 1 is 1.44 bits per heavy atom. The minimum absolute atomic E-state index is 0.00355. The summed E-state index contributed by atoms with van der Waals surface area (Å²) in [6.07, 6.45) is 5.43. The molecule has 2 unspecified atom stereocenters. The normalized spacial score (nSPS) is 18.1. The first-order valence-corrected chi connectivity index (χ1v) is 8.46. The first-order chi connectivity index (χ1) is 11.9. The quantitative estimate of drug-likeness (QED) is 0.597. The number of aliphatic hydroxyl groups is 1. The Bertz CT molecular complexity index is 816. The van der Waals surface area contributed by atoms with E-state index in [0.717, 1.165) is 18.5 Å². The highest BCUT2D eigenvalue weighted by Gasteiger charge is 2.26. The van der Waals surface area contributed by atoms with E-state index in [1.54, 1.807) is 6.92 Å². The summed E-state index contributed by atoms with van der Waals surface area (Å²) in [5, 5.41) is 21.4. The zero-order chi connectivity index (χ0) is 18.0. The molecule has 2 aromatic rings. The molecule has 0 saturated heterocycles. The third-order valence-corrected chi connectivity index (χ3v) is 4.68. The number of hydrogen-bond donors (Lipinski definition) is 1. The number of nitro groups is 1. The Kier molecular flexibility index (Phi) is 4.87. The van der Waals surface area contributed by atoms with Crippen LogP contribution < -0.4 is 0 Å². The minimum Gasteiger partial charge on any atom is -0.388 e. The lowest BCUT2D eigenvalue weighted by molar-refractivity contribution is -0.389. The average molecular weight is 363 g/mol. The average Bonchev–Trinajstić information content (AvgIpc) is 3.12. The number of rotatable bonds is 7. The van der Waals surface area contributed by atoms with Gasteiger partial charge in [0.1, 0.15) is 6.20 Å². The van der Waals surface area contributed by atoms with Gasteiger partial charge < -0.3 is 15.2 Å². The number of fused-ring (bicyclic) bond motifs is 1. The smallest absolute Gasteiger partial charge is 0.383 e. The molecule has 132 valence electrons. The molecule has 1 aromatic heterocycles. The fourth-order valence-electron chi connectivity index (χ4n) is 3.13. The van der Waals surface area contributed by atoms with Crippen LogP contribution in [-0.4, -0.2) is 31.4 Å². The van der Waals surface area contributed by atoms with Gasteiger partial charge in [-0.25, -0.2) is 0 Å². The summed E-state index contributed by atoms with van der Waals surface area (Å²) in [6, 6.07) is 8.05. The van der Waals surface area contributed by atoms with Gasteiger partial charge in [-0.3, -0.25) is 9.56 Å². The van der Waals surface area contributed by atoms with Gasteiger partial charge in [0, 0.05) is 12.1 Å². The molecule has 1 aromatic carbocycles. The van der Waals surface area contributed by atoms with Crippen molar-refractivity contribution in [3.63, 3.8) is 0 Å². The Hall–Kier alpha value is -2.25. The van der Waals surface area contributed by atoms with Crippen molar-refractivity contribution >= 4 is 29.3 Å². The predicted octanol–water partition coefficient (Wildman–Crippen LogP) is 3.87. The fraction of sp³-hybridized carbons (Fsp3) is 0.412. The molecule has 1 N–H and O–H groups in total. The molecule has 7 nitrogen and oxygen atoms in total. The van der Waals surface area contributed by atoms with Crippen molar-refractivity contribution in [3.8, 4) is 0 Å². The number of hydrogen-bond acceptors (Lipinski definition) is 5. The molecular formula is C17H19ClN4O3. The molecular weight excluding hydrogens is 344 g/mol. The molecule has 1 aliphatic rings. The number of halogens is 1. The number of nitrogens with zero attached hydrogens (tertiary/aromatic N) is 4. The summed E-state index contributed by atoms with van der Waals surface area (Å²) >= 11 is 5.91. The van der Waals surface area contributed by atoms with E-state index in [0.29, 0.717) is 6.42 Å². The van der Waals surface area contributed by atoms with Gasteiger partial charge in [-0.05, 0) is 59.3 Å². The van der Waals surface area contributed by atoms with E-state index in [1.807, 2.05) is 24.4 Å². The van der Waals surface area contributed by atoms with Crippen molar-refractivity contribution in [2.45, 2.75) is 44.2 Å². The maximum Gasteiger partial charge on any atom is 0.383 e. The topological polar surface area (TPSA) is 93.5 Å². The SMILES string of the molecule is CC(O)(CCCC1C=Nc2ccccc21)Cn1cc([N+](=O)[O-])nc1Cl. The predicted molar refractivity (Wildman–Crippen MR) is 95.7 cm³/mol. The molecule has 2 heterocycles. The van der Waals surface area contributed by atoms with Crippen molar-refractivity contribution in [2.24, 2.45) is 4.99 Å². The molecule has 0 radical (unpaired) electrons. The Morgan fingerprint density at radius 3 is 2.92 bits per heavy atom. The van der Waals surface area contributed by atoms with E-state index in [1.165, 1.54) is 16.3 Å². The largest absolute Gasteiger partial charge is 0.388 e. The van der Waals surface area contributed by atoms with E-state index >= 15 is 0 Å². The molecule has 0 aliphatic carbocycles. The summed E-state index contributed by atoms with van der Waals surface area (Å²) in [7, 11) is 0. The van der Waals surface area contributed by atoms with Crippen LogP contribution in [0.4, 0.5) is 11.5 Å².